The topological polar surface area (TPSA) is 81.3 Å². The van der Waals surface area contributed by atoms with Crippen molar-refractivity contribution in [2.45, 2.75) is 12.1 Å². The van der Waals surface area contributed by atoms with Crippen LogP contribution in [0.2, 0.25) is 0 Å². The van der Waals surface area contributed by atoms with Crippen LogP contribution in [0.5, 0.6) is 0 Å². The van der Waals surface area contributed by atoms with Crippen LogP contribution in [0.1, 0.15) is 5.56 Å². The van der Waals surface area contributed by atoms with E-state index in [4.69, 9.17) is 0 Å². The molecule has 0 bridgehead atoms. The Bertz CT molecular complexity index is 1580. The summed E-state index contributed by atoms with van der Waals surface area (Å²) in [5.74, 6) is 0.377. The number of aryl methyl sites for hydroxylation is 1. The van der Waals surface area contributed by atoms with Gasteiger partial charge in [0.15, 0.2) is 5.16 Å². The van der Waals surface area contributed by atoms with E-state index in [0.717, 1.165) is 15.7 Å². The third-order valence-corrected chi connectivity index (χ3v) is 6.85. The van der Waals surface area contributed by atoms with E-state index in [1.165, 1.54) is 11.8 Å². The third-order valence-electron chi connectivity index (χ3n) is 5.23. The molecule has 33 heavy (non-hydrogen) atoms. The molecule has 5 aromatic rings. The maximum absolute atomic E-state index is 13.4. The molecular formula is C24H18BrN5O2S. The van der Waals surface area contributed by atoms with E-state index in [1.54, 1.807) is 10.6 Å². The van der Waals surface area contributed by atoms with Crippen LogP contribution >= 0.6 is 27.7 Å². The number of hydrogen-bond donors (Lipinski definition) is 1. The number of nitrogens with one attached hydrogen (secondary N) is 1. The number of benzene rings is 3. The van der Waals surface area contributed by atoms with Gasteiger partial charge in [0.25, 0.3) is 5.56 Å². The van der Waals surface area contributed by atoms with Crippen LogP contribution in [-0.2, 0) is 4.79 Å². The van der Waals surface area contributed by atoms with Gasteiger partial charge in [0.2, 0.25) is 11.7 Å². The van der Waals surface area contributed by atoms with Crippen molar-refractivity contribution in [2.24, 2.45) is 0 Å². The molecule has 0 aliphatic rings. The Labute approximate surface area is 201 Å². The highest BCUT2D eigenvalue weighted by molar-refractivity contribution is 9.10. The summed E-state index contributed by atoms with van der Waals surface area (Å²) in [6, 6.07) is 22.4. The summed E-state index contributed by atoms with van der Waals surface area (Å²) in [6.07, 6.45) is 0. The molecule has 0 atom stereocenters. The molecule has 1 amide bonds. The molecule has 0 radical (unpaired) electrons. The molecule has 2 aromatic heterocycles. The largest absolute Gasteiger partial charge is 0.324 e. The van der Waals surface area contributed by atoms with Crippen LogP contribution in [0.15, 0.2) is 87.2 Å². The van der Waals surface area contributed by atoms with Crippen molar-refractivity contribution in [3.63, 3.8) is 0 Å². The first kappa shape index (κ1) is 21.4. The third kappa shape index (κ3) is 3.94. The highest BCUT2D eigenvalue weighted by Gasteiger charge is 2.19. The smallest absolute Gasteiger partial charge is 0.267 e. The Balaban J connectivity index is 1.58. The number of aromatic nitrogens is 4. The van der Waals surface area contributed by atoms with Gasteiger partial charge in [-0.05, 0) is 58.7 Å². The van der Waals surface area contributed by atoms with Crippen LogP contribution < -0.4 is 10.9 Å². The molecule has 7 nitrogen and oxygen atoms in total. The summed E-state index contributed by atoms with van der Waals surface area (Å²) in [5, 5.41) is 12.6. The van der Waals surface area contributed by atoms with E-state index < -0.39 is 0 Å². The first-order valence-corrected chi connectivity index (χ1v) is 11.9. The Kier molecular flexibility index (Phi) is 5.74. The number of carbonyl (C=O) groups excluding carboxylic acids is 1. The predicted octanol–water partition coefficient (Wildman–Crippen LogP) is 4.84. The number of nitrogens with zero attached hydrogens (tertiary/aromatic N) is 4. The summed E-state index contributed by atoms with van der Waals surface area (Å²) in [7, 11) is 0. The number of hydrogen-bond acceptors (Lipinski definition) is 5. The second kappa shape index (κ2) is 8.84. The molecule has 0 saturated heterocycles. The zero-order chi connectivity index (χ0) is 22.9. The van der Waals surface area contributed by atoms with Gasteiger partial charge >= 0.3 is 0 Å². The van der Waals surface area contributed by atoms with E-state index in [9.17, 15) is 9.59 Å². The molecule has 164 valence electrons. The first-order valence-electron chi connectivity index (χ1n) is 10.2. The van der Waals surface area contributed by atoms with Gasteiger partial charge in [-0.25, -0.2) is 4.57 Å². The summed E-state index contributed by atoms with van der Waals surface area (Å²) >= 11 is 4.70. The van der Waals surface area contributed by atoms with Crippen molar-refractivity contribution in [3.8, 4) is 5.69 Å². The van der Waals surface area contributed by atoms with Gasteiger partial charge in [-0.2, -0.15) is 0 Å². The summed E-state index contributed by atoms with van der Waals surface area (Å²) in [5.41, 5.74) is 2.92. The lowest BCUT2D eigenvalue weighted by Gasteiger charge is -2.13. The highest BCUT2D eigenvalue weighted by Crippen LogP contribution is 2.25. The van der Waals surface area contributed by atoms with Crippen LogP contribution in [0.3, 0.4) is 0 Å². The van der Waals surface area contributed by atoms with Gasteiger partial charge in [-0.15, -0.1) is 10.2 Å². The Morgan fingerprint density at radius 1 is 1.00 bits per heavy atom. The maximum atomic E-state index is 13.4. The van der Waals surface area contributed by atoms with Crippen molar-refractivity contribution >= 4 is 56.0 Å². The van der Waals surface area contributed by atoms with Gasteiger partial charge in [0.05, 0.1) is 28.0 Å². The monoisotopic (exact) mass is 519 g/mol. The van der Waals surface area contributed by atoms with Gasteiger partial charge in [0.1, 0.15) is 0 Å². The standard InChI is InChI=1S/C24H18BrN5O2S/c1-15-8-2-6-12-19(15)29-22(32)16-9-3-7-13-20(16)30-23(29)27-28-24(30)33-14-21(31)26-18-11-5-4-10-17(18)25/h2-13H,14H2,1H3,(H,26,31). The van der Waals surface area contributed by atoms with E-state index in [1.807, 2.05) is 78.1 Å². The molecule has 0 unspecified atom stereocenters. The first-order chi connectivity index (χ1) is 16.0. The second-order valence-corrected chi connectivity index (χ2v) is 9.18. The van der Waals surface area contributed by atoms with Crippen molar-refractivity contribution in [3.05, 3.63) is 93.2 Å². The number of anilines is 1. The van der Waals surface area contributed by atoms with Gasteiger partial charge < -0.3 is 5.32 Å². The molecule has 5 rings (SSSR count). The molecule has 0 aliphatic heterocycles. The number of amides is 1. The summed E-state index contributed by atoms with van der Waals surface area (Å²) in [6.45, 7) is 1.95. The highest BCUT2D eigenvalue weighted by atomic mass is 79.9. The lowest BCUT2D eigenvalue weighted by atomic mass is 10.2. The van der Waals surface area contributed by atoms with E-state index in [-0.39, 0.29) is 17.2 Å². The Morgan fingerprint density at radius 2 is 1.73 bits per heavy atom. The van der Waals surface area contributed by atoms with Gasteiger partial charge in [0, 0.05) is 4.47 Å². The molecule has 2 heterocycles. The fraction of sp³-hybridized carbons (Fsp3) is 0.0833. The molecule has 3 aromatic carbocycles. The minimum Gasteiger partial charge on any atom is -0.324 e. The molecule has 0 saturated carbocycles. The maximum Gasteiger partial charge on any atom is 0.267 e. The van der Waals surface area contributed by atoms with E-state index >= 15 is 0 Å². The van der Waals surface area contributed by atoms with E-state index in [0.29, 0.717) is 27.5 Å². The quantitative estimate of drug-likeness (QED) is 0.336. The average molecular weight is 520 g/mol. The van der Waals surface area contributed by atoms with Crippen molar-refractivity contribution in [2.75, 3.05) is 11.1 Å². The number of para-hydroxylation sites is 3. The second-order valence-electron chi connectivity index (χ2n) is 7.38. The predicted molar refractivity (Wildman–Crippen MR) is 134 cm³/mol. The number of rotatable bonds is 5. The summed E-state index contributed by atoms with van der Waals surface area (Å²) < 4.78 is 4.22. The molecule has 9 heteroatoms. The van der Waals surface area contributed by atoms with Gasteiger partial charge in [-0.3, -0.25) is 14.0 Å². The van der Waals surface area contributed by atoms with Crippen molar-refractivity contribution < 1.29 is 4.79 Å². The zero-order valence-corrected chi connectivity index (χ0v) is 19.9. The lowest BCUT2D eigenvalue weighted by molar-refractivity contribution is -0.113. The van der Waals surface area contributed by atoms with Crippen molar-refractivity contribution in [1.82, 2.24) is 19.2 Å². The van der Waals surface area contributed by atoms with E-state index in [2.05, 4.69) is 31.4 Å². The lowest BCUT2D eigenvalue weighted by Crippen LogP contribution is -2.22. The number of carbonyl (C=O) groups is 1. The molecule has 0 aliphatic carbocycles. The number of thioether (sulfide) groups is 1. The fourth-order valence-electron chi connectivity index (χ4n) is 3.68. The Morgan fingerprint density at radius 3 is 2.55 bits per heavy atom. The minimum atomic E-state index is -0.166. The van der Waals surface area contributed by atoms with Crippen LogP contribution in [-0.4, -0.2) is 30.8 Å². The SMILES string of the molecule is Cc1ccccc1-n1c(=O)c2ccccc2n2c(SCC(=O)Nc3ccccc3Br)nnc12. The normalized spacial score (nSPS) is 11.2. The molecule has 0 spiro atoms. The molecule has 0 fully saturated rings. The zero-order valence-electron chi connectivity index (χ0n) is 17.5. The van der Waals surface area contributed by atoms with Crippen LogP contribution in [0.4, 0.5) is 5.69 Å². The van der Waals surface area contributed by atoms with Gasteiger partial charge in [-0.1, -0.05) is 54.2 Å². The Hall–Kier alpha value is -3.43. The van der Waals surface area contributed by atoms with Crippen LogP contribution in [0.25, 0.3) is 22.4 Å². The van der Waals surface area contributed by atoms with Crippen LogP contribution in [0, 0.1) is 6.92 Å². The average Bonchev–Trinajstić information content (AvgIpc) is 3.24. The minimum absolute atomic E-state index is 0.139. The number of fused-ring (bicyclic) bond motifs is 3. The van der Waals surface area contributed by atoms with Crippen molar-refractivity contribution in [1.29, 1.82) is 0 Å². The summed E-state index contributed by atoms with van der Waals surface area (Å²) in [4.78, 5) is 26.0. The number of halogens is 1. The molecular weight excluding hydrogens is 502 g/mol. The fourth-order valence-corrected chi connectivity index (χ4v) is 4.81. The molecule has 1 N–H and O–H groups in total.